The summed E-state index contributed by atoms with van der Waals surface area (Å²) < 4.78 is 0. The Balaban J connectivity index is 2.92. The Hall–Kier alpha value is -1.26. The van der Waals surface area contributed by atoms with Crippen LogP contribution >= 0.6 is 0 Å². The maximum Gasteiger partial charge on any atom is 0.236 e. The number of oxime groups is 1. The fraction of sp³-hybridized carbons (Fsp3) is 0.857. The monoisotopic (exact) mass is 269 g/mol. The minimum absolute atomic E-state index is 0.0122. The average molecular weight is 269 g/mol. The molecule has 0 aliphatic heterocycles. The first-order chi connectivity index (χ1) is 9.08. The predicted octanol–water partition coefficient (Wildman–Crippen LogP) is 2.33. The molecule has 110 valence electrons. The molecule has 1 rings (SSSR count). The Kier molecular flexibility index (Phi) is 6.12. The molecule has 5 heteroatoms. The zero-order valence-electron chi connectivity index (χ0n) is 12.2. The molecule has 1 saturated carbocycles. The lowest BCUT2D eigenvalue weighted by Crippen LogP contribution is -2.50. The molecule has 0 heterocycles. The third-order valence-corrected chi connectivity index (χ3v) is 4.16. The zero-order chi connectivity index (χ0) is 14.3. The molecule has 1 fully saturated rings. The van der Waals surface area contributed by atoms with Gasteiger partial charge in [-0.2, -0.15) is 0 Å². The normalized spacial score (nSPS) is 19.8. The summed E-state index contributed by atoms with van der Waals surface area (Å²) in [6.45, 7) is 2.83. The molecule has 0 aromatic heterocycles. The molecule has 1 amide bonds. The van der Waals surface area contributed by atoms with Crippen molar-refractivity contribution in [1.29, 1.82) is 0 Å². The quantitative estimate of drug-likeness (QED) is 0.264. The van der Waals surface area contributed by atoms with Crippen molar-refractivity contribution in [2.45, 2.75) is 58.3 Å². The van der Waals surface area contributed by atoms with Crippen molar-refractivity contribution >= 4 is 11.7 Å². The van der Waals surface area contributed by atoms with E-state index in [0.29, 0.717) is 12.8 Å². The van der Waals surface area contributed by atoms with Crippen LogP contribution in [0.2, 0.25) is 0 Å². The Morgan fingerprint density at radius 1 is 1.32 bits per heavy atom. The van der Waals surface area contributed by atoms with Gasteiger partial charge in [0.15, 0.2) is 5.84 Å². The molecule has 3 N–H and O–H groups in total. The van der Waals surface area contributed by atoms with Crippen molar-refractivity contribution in [3.8, 4) is 0 Å². The van der Waals surface area contributed by atoms with Crippen molar-refractivity contribution in [2.75, 3.05) is 13.6 Å². The lowest BCUT2D eigenvalue weighted by atomic mass is 9.77. The van der Waals surface area contributed by atoms with Gasteiger partial charge in [0, 0.05) is 13.6 Å². The van der Waals surface area contributed by atoms with Gasteiger partial charge < -0.3 is 15.8 Å². The number of amidine groups is 1. The van der Waals surface area contributed by atoms with E-state index in [4.69, 9.17) is 10.9 Å². The molecule has 0 saturated heterocycles. The van der Waals surface area contributed by atoms with Gasteiger partial charge in [-0.1, -0.05) is 44.2 Å². The van der Waals surface area contributed by atoms with Crippen LogP contribution in [0.5, 0.6) is 0 Å². The van der Waals surface area contributed by atoms with Gasteiger partial charge in [-0.15, -0.1) is 0 Å². The topological polar surface area (TPSA) is 78.9 Å². The number of unbranched alkanes of at least 4 members (excludes halogenated alkanes) is 1. The average Bonchev–Trinajstić information content (AvgIpc) is 2.69. The summed E-state index contributed by atoms with van der Waals surface area (Å²) in [5.74, 6) is 0.0981. The lowest BCUT2D eigenvalue weighted by Gasteiger charge is -2.34. The maximum absolute atomic E-state index is 12.7. The Labute approximate surface area is 115 Å². The Bertz CT molecular complexity index is 321. The predicted molar refractivity (Wildman–Crippen MR) is 76.1 cm³/mol. The van der Waals surface area contributed by atoms with Gasteiger partial charge in [-0.3, -0.25) is 4.79 Å². The van der Waals surface area contributed by atoms with E-state index in [2.05, 4.69) is 12.1 Å². The SMILES string of the molecule is CCCCN(C)C(=O)C1(C(N)=NO)CCCCCC1. The Morgan fingerprint density at radius 2 is 1.89 bits per heavy atom. The summed E-state index contributed by atoms with van der Waals surface area (Å²) in [7, 11) is 1.81. The van der Waals surface area contributed by atoms with Crippen LogP contribution < -0.4 is 5.73 Å². The van der Waals surface area contributed by atoms with Gasteiger partial charge in [0.2, 0.25) is 5.91 Å². The molecule has 0 bridgehead atoms. The largest absolute Gasteiger partial charge is 0.409 e. The minimum Gasteiger partial charge on any atom is -0.409 e. The zero-order valence-corrected chi connectivity index (χ0v) is 12.2. The van der Waals surface area contributed by atoms with Gasteiger partial charge in [0.25, 0.3) is 0 Å². The highest BCUT2D eigenvalue weighted by atomic mass is 16.4. The highest BCUT2D eigenvalue weighted by Gasteiger charge is 2.44. The molecule has 1 aliphatic carbocycles. The highest BCUT2D eigenvalue weighted by Crippen LogP contribution is 2.37. The van der Waals surface area contributed by atoms with E-state index in [1.54, 1.807) is 4.90 Å². The molecule has 1 aliphatic rings. The molecular weight excluding hydrogens is 242 g/mol. The molecular formula is C14H27N3O2. The van der Waals surface area contributed by atoms with Crippen molar-refractivity contribution in [3.05, 3.63) is 0 Å². The van der Waals surface area contributed by atoms with Crippen LogP contribution in [-0.2, 0) is 4.79 Å². The minimum atomic E-state index is -0.784. The van der Waals surface area contributed by atoms with Crippen LogP contribution in [0.25, 0.3) is 0 Å². The number of hydrogen-bond acceptors (Lipinski definition) is 3. The molecule has 0 spiro atoms. The molecule has 19 heavy (non-hydrogen) atoms. The molecule has 0 unspecified atom stereocenters. The second-order valence-electron chi connectivity index (χ2n) is 5.56. The number of carbonyl (C=O) groups excluding carboxylic acids is 1. The van der Waals surface area contributed by atoms with Crippen LogP contribution in [0.15, 0.2) is 5.16 Å². The van der Waals surface area contributed by atoms with Gasteiger partial charge >= 0.3 is 0 Å². The van der Waals surface area contributed by atoms with Crippen molar-refractivity contribution in [3.63, 3.8) is 0 Å². The standard InChI is InChI=1S/C14H27N3O2/c1-3-4-11-17(2)13(18)14(12(15)16-19)9-7-5-6-8-10-14/h19H,3-11H2,1-2H3,(H2,15,16). The molecule has 0 aromatic carbocycles. The first-order valence-corrected chi connectivity index (χ1v) is 7.32. The van der Waals surface area contributed by atoms with Crippen LogP contribution in [-0.4, -0.2) is 35.4 Å². The number of nitrogens with two attached hydrogens (primary N) is 1. The summed E-state index contributed by atoms with van der Waals surface area (Å²) in [6.07, 6.45) is 7.57. The fourth-order valence-corrected chi connectivity index (χ4v) is 2.87. The lowest BCUT2D eigenvalue weighted by molar-refractivity contribution is -0.137. The number of rotatable bonds is 5. The van der Waals surface area contributed by atoms with Crippen LogP contribution in [0, 0.1) is 5.41 Å². The van der Waals surface area contributed by atoms with Crippen LogP contribution in [0.4, 0.5) is 0 Å². The third kappa shape index (κ3) is 3.61. The number of carbonyl (C=O) groups is 1. The van der Waals surface area contributed by atoms with Crippen molar-refractivity contribution in [1.82, 2.24) is 4.90 Å². The van der Waals surface area contributed by atoms with Crippen LogP contribution in [0.3, 0.4) is 0 Å². The Morgan fingerprint density at radius 3 is 2.37 bits per heavy atom. The van der Waals surface area contributed by atoms with E-state index in [1.165, 1.54) is 0 Å². The summed E-state index contributed by atoms with van der Waals surface area (Å²) in [5.41, 5.74) is 5.09. The van der Waals surface area contributed by atoms with Crippen molar-refractivity contribution < 1.29 is 10.0 Å². The second-order valence-corrected chi connectivity index (χ2v) is 5.56. The smallest absolute Gasteiger partial charge is 0.236 e. The summed E-state index contributed by atoms with van der Waals surface area (Å²) in [4.78, 5) is 14.5. The third-order valence-electron chi connectivity index (χ3n) is 4.16. The van der Waals surface area contributed by atoms with E-state index in [-0.39, 0.29) is 11.7 Å². The highest BCUT2D eigenvalue weighted by molar-refractivity contribution is 6.06. The van der Waals surface area contributed by atoms with E-state index in [9.17, 15) is 4.79 Å². The van der Waals surface area contributed by atoms with E-state index < -0.39 is 5.41 Å². The number of hydrogen-bond donors (Lipinski definition) is 2. The molecule has 0 atom stereocenters. The van der Waals surface area contributed by atoms with Gasteiger partial charge in [-0.25, -0.2) is 0 Å². The second kappa shape index (κ2) is 7.36. The summed E-state index contributed by atoms with van der Waals surface area (Å²) in [6, 6.07) is 0. The van der Waals surface area contributed by atoms with E-state index in [1.807, 2.05) is 7.05 Å². The number of nitrogens with zero attached hydrogens (tertiary/aromatic N) is 2. The van der Waals surface area contributed by atoms with Crippen LogP contribution in [0.1, 0.15) is 58.3 Å². The summed E-state index contributed by atoms with van der Waals surface area (Å²) >= 11 is 0. The van der Waals surface area contributed by atoms with E-state index in [0.717, 1.165) is 45.1 Å². The molecule has 0 radical (unpaired) electrons. The van der Waals surface area contributed by atoms with Gasteiger partial charge in [0.1, 0.15) is 5.41 Å². The first-order valence-electron chi connectivity index (χ1n) is 7.32. The van der Waals surface area contributed by atoms with Gasteiger partial charge in [-0.05, 0) is 19.3 Å². The molecule has 0 aromatic rings. The first kappa shape index (κ1) is 15.8. The van der Waals surface area contributed by atoms with E-state index >= 15 is 0 Å². The van der Waals surface area contributed by atoms with Gasteiger partial charge in [0.05, 0.1) is 0 Å². The van der Waals surface area contributed by atoms with Crippen molar-refractivity contribution in [2.24, 2.45) is 16.3 Å². The fourth-order valence-electron chi connectivity index (χ4n) is 2.87. The maximum atomic E-state index is 12.7. The number of amides is 1. The summed E-state index contributed by atoms with van der Waals surface area (Å²) in [5, 5.41) is 12.2. The molecule has 5 nitrogen and oxygen atoms in total.